The molecule has 0 fully saturated rings. The van der Waals surface area contributed by atoms with E-state index in [1.165, 1.54) is 0 Å². The number of halogens is 4. The molecule has 0 spiro atoms. The Morgan fingerprint density at radius 3 is 2.61 bits per heavy atom. The molecule has 0 bridgehead atoms. The number of hydrogen-bond donors (Lipinski definition) is 0. The maximum atomic E-state index is 12.8. The Morgan fingerprint density at radius 2 is 2.06 bits per heavy atom. The van der Waals surface area contributed by atoms with Crippen molar-refractivity contribution < 1.29 is 13.2 Å². The maximum Gasteiger partial charge on any atom is 0.419 e. The fraction of sp³-hybridized carbons (Fsp3) is 0.455. The van der Waals surface area contributed by atoms with Crippen LogP contribution >= 0.6 is 11.6 Å². The number of hydrogen-bond acceptors (Lipinski definition) is 2. The third kappa shape index (κ3) is 2.16. The lowest BCUT2D eigenvalue weighted by molar-refractivity contribution is -0.137. The van der Waals surface area contributed by atoms with Crippen LogP contribution in [0.15, 0.2) is 6.07 Å². The molecule has 0 aliphatic heterocycles. The smallest absolute Gasteiger partial charge is 0.212 e. The minimum atomic E-state index is -4.49. The highest BCUT2D eigenvalue weighted by Crippen LogP contribution is 2.35. The van der Waals surface area contributed by atoms with E-state index < -0.39 is 16.9 Å². The van der Waals surface area contributed by atoms with Gasteiger partial charge in [-0.1, -0.05) is 18.5 Å². The van der Waals surface area contributed by atoms with Gasteiger partial charge in [-0.2, -0.15) is 13.2 Å². The third-order valence-corrected chi connectivity index (χ3v) is 2.92. The van der Waals surface area contributed by atoms with Gasteiger partial charge >= 0.3 is 6.18 Å². The van der Waals surface area contributed by atoms with E-state index in [1.54, 1.807) is 6.92 Å². The first-order valence-corrected chi connectivity index (χ1v) is 5.84. The van der Waals surface area contributed by atoms with E-state index in [2.05, 4.69) is 10.1 Å². The van der Waals surface area contributed by atoms with Gasteiger partial charge in [0, 0.05) is 6.42 Å². The minimum absolute atomic E-state index is 0.372. The van der Waals surface area contributed by atoms with Crippen LogP contribution in [0.2, 0.25) is 5.15 Å². The molecule has 98 valence electrons. The highest BCUT2D eigenvalue weighted by molar-refractivity contribution is 6.30. The van der Waals surface area contributed by atoms with Gasteiger partial charge in [0.2, 0.25) is 0 Å². The molecule has 3 nitrogen and oxygen atoms in total. The van der Waals surface area contributed by atoms with Gasteiger partial charge in [0.1, 0.15) is 5.15 Å². The second-order valence-electron chi connectivity index (χ2n) is 4.04. The zero-order chi connectivity index (χ0) is 13.5. The second kappa shape index (κ2) is 4.42. The minimum Gasteiger partial charge on any atom is -0.212 e. The van der Waals surface area contributed by atoms with Crippen molar-refractivity contribution in [1.82, 2.24) is 14.6 Å². The fourth-order valence-corrected chi connectivity index (χ4v) is 2.01. The number of aryl methyl sites for hydroxylation is 2. The van der Waals surface area contributed by atoms with E-state index >= 15 is 0 Å². The van der Waals surface area contributed by atoms with E-state index in [9.17, 15) is 13.2 Å². The predicted molar refractivity (Wildman–Crippen MR) is 61.7 cm³/mol. The lowest BCUT2D eigenvalue weighted by Gasteiger charge is -2.10. The van der Waals surface area contributed by atoms with Gasteiger partial charge in [0.15, 0.2) is 11.5 Å². The summed E-state index contributed by atoms with van der Waals surface area (Å²) in [5, 5.41) is 3.56. The van der Waals surface area contributed by atoms with Crippen LogP contribution in [-0.4, -0.2) is 14.6 Å². The molecule has 0 unspecified atom stereocenters. The van der Waals surface area contributed by atoms with Gasteiger partial charge in [0.05, 0.1) is 5.56 Å². The summed E-state index contributed by atoms with van der Waals surface area (Å²) < 4.78 is 39.4. The zero-order valence-electron chi connectivity index (χ0n) is 9.85. The van der Waals surface area contributed by atoms with E-state index in [1.807, 2.05) is 6.92 Å². The first-order chi connectivity index (χ1) is 8.34. The largest absolute Gasteiger partial charge is 0.419 e. The molecule has 2 aromatic heterocycles. The summed E-state index contributed by atoms with van der Waals surface area (Å²) in [6.07, 6.45) is -3.06. The topological polar surface area (TPSA) is 30.2 Å². The lowest BCUT2D eigenvalue weighted by atomic mass is 10.2. The highest BCUT2D eigenvalue weighted by Gasteiger charge is 2.35. The van der Waals surface area contributed by atoms with E-state index in [0.717, 1.165) is 17.0 Å². The van der Waals surface area contributed by atoms with Crippen LogP contribution < -0.4 is 0 Å². The first-order valence-electron chi connectivity index (χ1n) is 5.46. The van der Waals surface area contributed by atoms with Crippen LogP contribution in [0.25, 0.3) is 5.65 Å². The summed E-state index contributed by atoms with van der Waals surface area (Å²) in [5.41, 5.74) is -0.111. The Morgan fingerprint density at radius 1 is 1.39 bits per heavy atom. The Kier molecular flexibility index (Phi) is 3.23. The van der Waals surface area contributed by atoms with Crippen molar-refractivity contribution in [3.8, 4) is 0 Å². The molecule has 0 saturated heterocycles. The SMILES string of the molecule is CCCc1nc2c(C)cc(C(F)(F)F)c(Cl)n2n1. The van der Waals surface area contributed by atoms with Crippen LogP contribution in [0.3, 0.4) is 0 Å². The quantitative estimate of drug-likeness (QED) is 0.784. The van der Waals surface area contributed by atoms with Crippen molar-refractivity contribution in [2.75, 3.05) is 0 Å². The van der Waals surface area contributed by atoms with Gasteiger partial charge in [-0.15, -0.1) is 5.10 Å². The van der Waals surface area contributed by atoms with Crippen molar-refractivity contribution in [2.45, 2.75) is 32.9 Å². The average molecular weight is 278 g/mol. The molecule has 2 rings (SSSR count). The van der Waals surface area contributed by atoms with E-state index in [-0.39, 0.29) is 0 Å². The number of alkyl halides is 3. The molecule has 0 amide bonds. The molecule has 0 radical (unpaired) electrons. The van der Waals surface area contributed by atoms with Crippen LogP contribution in [0.5, 0.6) is 0 Å². The monoisotopic (exact) mass is 277 g/mol. The van der Waals surface area contributed by atoms with Gasteiger partial charge < -0.3 is 0 Å². The van der Waals surface area contributed by atoms with Crippen molar-refractivity contribution in [3.63, 3.8) is 0 Å². The summed E-state index contributed by atoms with van der Waals surface area (Å²) >= 11 is 5.75. The number of aromatic nitrogens is 3. The number of fused-ring (bicyclic) bond motifs is 1. The first kappa shape index (κ1) is 13.1. The fourth-order valence-electron chi connectivity index (χ4n) is 1.73. The molecule has 0 atom stereocenters. The molecular weight excluding hydrogens is 267 g/mol. The van der Waals surface area contributed by atoms with Gasteiger partial charge in [-0.3, -0.25) is 0 Å². The third-order valence-electron chi connectivity index (χ3n) is 2.55. The Labute approximate surface area is 107 Å². The highest BCUT2D eigenvalue weighted by atomic mass is 35.5. The molecule has 2 heterocycles. The number of nitrogens with zero attached hydrogens (tertiary/aromatic N) is 3. The summed E-state index contributed by atoms with van der Waals surface area (Å²) in [6, 6.07) is 1.00. The molecule has 18 heavy (non-hydrogen) atoms. The molecule has 0 saturated carbocycles. The standard InChI is InChI=1S/C11H11ClF3N3/c1-3-4-8-16-10-6(2)5-7(11(13,14)15)9(12)18(10)17-8/h5H,3-4H2,1-2H3. The number of rotatable bonds is 2. The molecular formula is C11H11ClF3N3. The Balaban J connectivity index is 2.70. The average Bonchev–Trinajstić information content (AvgIpc) is 2.67. The molecule has 2 aromatic rings. The predicted octanol–water partition coefficient (Wildman–Crippen LogP) is 3.66. The molecule has 0 aliphatic rings. The van der Waals surface area contributed by atoms with Crippen LogP contribution in [-0.2, 0) is 12.6 Å². The lowest BCUT2D eigenvalue weighted by Crippen LogP contribution is -2.10. The molecule has 0 aliphatic carbocycles. The Bertz CT molecular complexity index is 589. The van der Waals surface area contributed by atoms with Crippen molar-refractivity contribution in [1.29, 1.82) is 0 Å². The molecule has 0 aromatic carbocycles. The van der Waals surface area contributed by atoms with E-state index in [4.69, 9.17) is 11.6 Å². The molecule has 7 heteroatoms. The second-order valence-corrected chi connectivity index (χ2v) is 4.40. The molecule has 0 N–H and O–H groups in total. The van der Waals surface area contributed by atoms with E-state index in [0.29, 0.717) is 23.5 Å². The van der Waals surface area contributed by atoms with Crippen LogP contribution in [0, 0.1) is 6.92 Å². The van der Waals surface area contributed by atoms with Crippen molar-refractivity contribution >= 4 is 17.2 Å². The van der Waals surface area contributed by atoms with Gasteiger partial charge in [-0.25, -0.2) is 9.50 Å². The summed E-state index contributed by atoms with van der Waals surface area (Å²) in [4.78, 5) is 4.19. The normalized spacial score (nSPS) is 12.3. The number of pyridine rings is 1. The van der Waals surface area contributed by atoms with Crippen LogP contribution in [0.1, 0.15) is 30.3 Å². The summed E-state index contributed by atoms with van der Waals surface area (Å²) in [5.74, 6) is 0.502. The van der Waals surface area contributed by atoms with Gasteiger partial charge in [-0.05, 0) is 25.0 Å². The maximum absolute atomic E-state index is 12.8. The van der Waals surface area contributed by atoms with Crippen molar-refractivity contribution in [2.24, 2.45) is 0 Å². The zero-order valence-corrected chi connectivity index (χ0v) is 10.6. The summed E-state index contributed by atoms with van der Waals surface area (Å²) in [6.45, 7) is 3.51. The Hall–Kier alpha value is -1.30. The van der Waals surface area contributed by atoms with Crippen LogP contribution in [0.4, 0.5) is 13.2 Å². The van der Waals surface area contributed by atoms with Gasteiger partial charge in [0.25, 0.3) is 0 Å². The summed E-state index contributed by atoms with van der Waals surface area (Å²) in [7, 11) is 0. The van der Waals surface area contributed by atoms with Crippen molar-refractivity contribution in [3.05, 3.63) is 28.2 Å².